The van der Waals surface area contributed by atoms with E-state index in [2.05, 4.69) is 5.32 Å². The maximum absolute atomic E-state index is 13.8. The number of benzene rings is 1. The number of carbonyl (C=O) groups excluding carboxylic acids is 1. The van der Waals surface area contributed by atoms with Gasteiger partial charge in [0.05, 0.1) is 6.61 Å². The van der Waals surface area contributed by atoms with E-state index < -0.39 is 38.7 Å². The number of halogens is 2. The van der Waals surface area contributed by atoms with E-state index in [1.807, 2.05) is 0 Å². The van der Waals surface area contributed by atoms with Gasteiger partial charge < -0.3 is 10.1 Å². The van der Waals surface area contributed by atoms with Gasteiger partial charge in [0.2, 0.25) is 10.0 Å². The lowest BCUT2D eigenvalue weighted by Gasteiger charge is -2.32. The second-order valence-corrected chi connectivity index (χ2v) is 7.03. The zero-order valence-electron chi connectivity index (χ0n) is 12.6. The van der Waals surface area contributed by atoms with Crippen LogP contribution in [-0.2, 0) is 14.8 Å². The molecule has 1 atom stereocenters. The number of ether oxygens (including phenoxy) is 1. The second kappa shape index (κ2) is 7.22. The van der Waals surface area contributed by atoms with Gasteiger partial charge >= 0.3 is 6.09 Å². The zero-order chi connectivity index (χ0) is 17.0. The molecule has 1 aromatic rings. The van der Waals surface area contributed by atoms with E-state index in [0.29, 0.717) is 12.8 Å². The van der Waals surface area contributed by atoms with Crippen LogP contribution in [0.1, 0.15) is 19.8 Å². The van der Waals surface area contributed by atoms with Crippen LogP contribution in [0.5, 0.6) is 0 Å². The number of nitrogens with zero attached hydrogens (tertiary/aromatic N) is 1. The summed E-state index contributed by atoms with van der Waals surface area (Å²) in [6.07, 6.45) is 0.442. The minimum atomic E-state index is -4.17. The molecule has 1 heterocycles. The molecule has 0 aliphatic carbocycles. The standard InChI is InChI=1S/C14H18F2N2O4S/c1-2-22-14(19)17-10-5-4-8-18(9-10)23(20,21)12-7-3-6-11(15)13(12)16/h3,6-7,10H,2,4-5,8-9H2,1H3,(H,17,19)/t10-/m1/s1. The number of sulfonamides is 1. The van der Waals surface area contributed by atoms with Crippen molar-refractivity contribution in [2.75, 3.05) is 19.7 Å². The molecule has 0 aromatic heterocycles. The maximum atomic E-state index is 13.8. The van der Waals surface area contributed by atoms with Gasteiger partial charge in [0.15, 0.2) is 11.6 Å². The Morgan fingerprint density at radius 3 is 2.87 bits per heavy atom. The number of amides is 1. The highest BCUT2D eigenvalue weighted by atomic mass is 32.2. The molecule has 1 aliphatic heterocycles. The summed E-state index contributed by atoms with van der Waals surface area (Å²) < 4.78 is 57.9. The third-order valence-electron chi connectivity index (χ3n) is 3.52. The molecule has 9 heteroatoms. The smallest absolute Gasteiger partial charge is 0.407 e. The first-order valence-electron chi connectivity index (χ1n) is 7.23. The molecule has 1 amide bonds. The van der Waals surface area contributed by atoms with Crippen molar-refractivity contribution in [3.05, 3.63) is 29.8 Å². The first kappa shape index (κ1) is 17.6. The summed E-state index contributed by atoms with van der Waals surface area (Å²) in [6.45, 7) is 2.02. The molecule has 1 saturated heterocycles. The SMILES string of the molecule is CCOC(=O)N[C@@H]1CCCN(S(=O)(=O)c2cccc(F)c2F)C1. The van der Waals surface area contributed by atoms with Gasteiger partial charge in [0.25, 0.3) is 0 Å². The molecule has 0 radical (unpaired) electrons. The predicted octanol–water partition coefficient (Wildman–Crippen LogP) is 1.86. The normalized spacial score (nSPS) is 19.3. The Kier molecular flexibility index (Phi) is 5.53. The zero-order valence-corrected chi connectivity index (χ0v) is 13.4. The average Bonchev–Trinajstić information content (AvgIpc) is 2.50. The number of hydrogen-bond acceptors (Lipinski definition) is 4. The third-order valence-corrected chi connectivity index (χ3v) is 5.40. The van der Waals surface area contributed by atoms with Crippen molar-refractivity contribution in [3.8, 4) is 0 Å². The molecule has 0 bridgehead atoms. The van der Waals surface area contributed by atoms with E-state index in [1.165, 1.54) is 0 Å². The van der Waals surface area contributed by atoms with Gasteiger partial charge in [0, 0.05) is 19.1 Å². The molecule has 0 unspecified atom stereocenters. The molecular formula is C14H18F2N2O4S. The van der Waals surface area contributed by atoms with E-state index in [0.717, 1.165) is 22.5 Å². The highest BCUT2D eigenvalue weighted by molar-refractivity contribution is 7.89. The van der Waals surface area contributed by atoms with Crippen LogP contribution in [0.2, 0.25) is 0 Å². The highest BCUT2D eigenvalue weighted by Crippen LogP contribution is 2.24. The van der Waals surface area contributed by atoms with Gasteiger partial charge in [-0.3, -0.25) is 0 Å². The minimum Gasteiger partial charge on any atom is -0.450 e. The van der Waals surface area contributed by atoms with Crippen molar-refractivity contribution in [2.45, 2.75) is 30.7 Å². The van der Waals surface area contributed by atoms with Crippen LogP contribution < -0.4 is 5.32 Å². The summed E-state index contributed by atoms with van der Waals surface area (Å²) in [5.41, 5.74) is 0. The van der Waals surface area contributed by atoms with Crippen LogP contribution in [0.3, 0.4) is 0 Å². The molecule has 23 heavy (non-hydrogen) atoms. The Bertz CT molecular complexity index is 681. The van der Waals surface area contributed by atoms with Gasteiger partial charge in [-0.05, 0) is 31.9 Å². The summed E-state index contributed by atoms with van der Waals surface area (Å²) >= 11 is 0. The minimum absolute atomic E-state index is 0.0168. The molecule has 1 N–H and O–H groups in total. The lowest BCUT2D eigenvalue weighted by molar-refractivity contribution is 0.142. The fourth-order valence-corrected chi connectivity index (χ4v) is 4.04. The Balaban J connectivity index is 2.16. The fourth-order valence-electron chi connectivity index (χ4n) is 2.44. The van der Waals surface area contributed by atoms with Crippen molar-refractivity contribution < 1.29 is 26.7 Å². The molecule has 0 saturated carbocycles. The number of nitrogens with one attached hydrogen (secondary N) is 1. The quantitative estimate of drug-likeness (QED) is 0.901. The van der Waals surface area contributed by atoms with Gasteiger partial charge in [-0.2, -0.15) is 4.31 Å². The summed E-state index contributed by atoms with van der Waals surface area (Å²) in [4.78, 5) is 10.7. The van der Waals surface area contributed by atoms with Crippen LogP contribution in [0.15, 0.2) is 23.1 Å². The van der Waals surface area contributed by atoms with Crippen molar-refractivity contribution in [3.63, 3.8) is 0 Å². The van der Waals surface area contributed by atoms with Crippen molar-refractivity contribution >= 4 is 16.1 Å². The van der Waals surface area contributed by atoms with E-state index in [4.69, 9.17) is 4.74 Å². The number of piperidine rings is 1. The number of hydrogen-bond donors (Lipinski definition) is 1. The third kappa shape index (κ3) is 3.97. The van der Waals surface area contributed by atoms with Crippen LogP contribution in [0, 0.1) is 11.6 Å². The molecule has 0 spiro atoms. The first-order chi connectivity index (χ1) is 10.9. The molecule has 128 valence electrons. The number of rotatable bonds is 4. The summed E-state index contributed by atoms with van der Waals surface area (Å²) in [5.74, 6) is -2.61. The Labute approximate surface area is 133 Å². The van der Waals surface area contributed by atoms with Crippen LogP contribution >= 0.6 is 0 Å². The Morgan fingerprint density at radius 2 is 2.17 bits per heavy atom. The van der Waals surface area contributed by atoms with Gasteiger partial charge in [-0.25, -0.2) is 22.0 Å². The molecule has 1 aliphatic rings. The van der Waals surface area contributed by atoms with E-state index in [-0.39, 0.29) is 19.7 Å². The topological polar surface area (TPSA) is 75.7 Å². The monoisotopic (exact) mass is 348 g/mol. The molecule has 1 fully saturated rings. The highest BCUT2D eigenvalue weighted by Gasteiger charge is 2.33. The van der Waals surface area contributed by atoms with Crippen LogP contribution in [-0.4, -0.2) is 44.6 Å². The van der Waals surface area contributed by atoms with Crippen molar-refractivity contribution in [1.82, 2.24) is 9.62 Å². The molecular weight excluding hydrogens is 330 g/mol. The Morgan fingerprint density at radius 1 is 1.43 bits per heavy atom. The lowest BCUT2D eigenvalue weighted by atomic mass is 10.1. The van der Waals surface area contributed by atoms with Crippen LogP contribution in [0.4, 0.5) is 13.6 Å². The van der Waals surface area contributed by atoms with Crippen molar-refractivity contribution in [1.29, 1.82) is 0 Å². The molecule has 2 rings (SSSR count). The lowest BCUT2D eigenvalue weighted by Crippen LogP contribution is -2.49. The summed E-state index contributed by atoms with van der Waals surface area (Å²) in [6, 6.07) is 2.59. The van der Waals surface area contributed by atoms with E-state index >= 15 is 0 Å². The van der Waals surface area contributed by atoms with Gasteiger partial charge in [-0.1, -0.05) is 6.07 Å². The molecule has 6 nitrogen and oxygen atoms in total. The second-order valence-electron chi connectivity index (χ2n) is 5.12. The van der Waals surface area contributed by atoms with Gasteiger partial charge in [0.1, 0.15) is 4.90 Å². The van der Waals surface area contributed by atoms with E-state index in [1.54, 1.807) is 6.92 Å². The fraction of sp³-hybridized carbons (Fsp3) is 0.500. The number of alkyl carbamates (subject to hydrolysis) is 1. The number of carbonyl (C=O) groups is 1. The Hall–Kier alpha value is -1.74. The predicted molar refractivity (Wildman–Crippen MR) is 78.3 cm³/mol. The van der Waals surface area contributed by atoms with E-state index in [9.17, 15) is 22.0 Å². The summed E-state index contributed by atoms with van der Waals surface area (Å²) in [7, 11) is -4.17. The maximum Gasteiger partial charge on any atom is 0.407 e. The first-order valence-corrected chi connectivity index (χ1v) is 8.67. The molecule has 1 aromatic carbocycles. The summed E-state index contributed by atoms with van der Waals surface area (Å²) in [5, 5.41) is 2.56. The average molecular weight is 348 g/mol. The largest absolute Gasteiger partial charge is 0.450 e. The van der Waals surface area contributed by atoms with Gasteiger partial charge in [-0.15, -0.1) is 0 Å². The van der Waals surface area contributed by atoms with Crippen LogP contribution in [0.25, 0.3) is 0 Å². The van der Waals surface area contributed by atoms with Crippen molar-refractivity contribution in [2.24, 2.45) is 0 Å².